The van der Waals surface area contributed by atoms with E-state index >= 15 is 0 Å². The molecule has 2 N–H and O–H groups in total. The van der Waals surface area contributed by atoms with Crippen LogP contribution in [0.25, 0.3) is 12.2 Å². The van der Waals surface area contributed by atoms with Gasteiger partial charge in [0.25, 0.3) is 0 Å². The third-order valence-electron chi connectivity index (χ3n) is 3.61. The van der Waals surface area contributed by atoms with E-state index < -0.39 is 0 Å². The number of rotatable bonds is 10. The van der Waals surface area contributed by atoms with Gasteiger partial charge in [0.1, 0.15) is 5.75 Å². The minimum absolute atomic E-state index is 0.0573. The molecule has 0 aromatic heterocycles. The molecule has 0 saturated heterocycles. The molecule has 0 spiro atoms. The second-order valence-electron chi connectivity index (χ2n) is 5.47. The quantitative estimate of drug-likeness (QED) is 0.501. The van der Waals surface area contributed by atoms with Gasteiger partial charge in [-0.3, -0.25) is 0 Å². The van der Waals surface area contributed by atoms with E-state index in [1.807, 2.05) is 48.6 Å². The van der Waals surface area contributed by atoms with Crippen LogP contribution < -0.4 is 10.1 Å². The van der Waals surface area contributed by atoms with Gasteiger partial charge in [0, 0.05) is 23.7 Å². The van der Waals surface area contributed by atoms with Crippen molar-refractivity contribution >= 4 is 23.8 Å². The van der Waals surface area contributed by atoms with E-state index in [-0.39, 0.29) is 6.61 Å². The van der Waals surface area contributed by atoms with Crippen LogP contribution in [0.2, 0.25) is 5.02 Å². The fourth-order valence-electron chi connectivity index (χ4n) is 2.33. The van der Waals surface area contributed by atoms with Crippen LogP contribution in [0.1, 0.15) is 16.7 Å². The van der Waals surface area contributed by atoms with Gasteiger partial charge in [-0.15, -0.1) is 0 Å². The molecule has 0 radical (unpaired) electrons. The van der Waals surface area contributed by atoms with Gasteiger partial charge in [-0.2, -0.15) is 0 Å². The van der Waals surface area contributed by atoms with Crippen molar-refractivity contribution in [2.75, 3.05) is 33.5 Å². The van der Waals surface area contributed by atoms with Crippen molar-refractivity contribution in [1.29, 1.82) is 0 Å². The van der Waals surface area contributed by atoms with E-state index in [9.17, 15) is 0 Å². The Bertz CT molecular complexity index is 671. The van der Waals surface area contributed by atoms with E-state index in [4.69, 9.17) is 26.2 Å². The Morgan fingerprint density at radius 1 is 1.08 bits per heavy atom. The largest absolute Gasteiger partial charge is 0.496 e. The molecule has 0 aliphatic rings. The molecule has 0 amide bonds. The summed E-state index contributed by atoms with van der Waals surface area (Å²) in [4.78, 5) is 0. The summed E-state index contributed by atoms with van der Waals surface area (Å²) in [7, 11) is 1.67. The molecule has 0 aliphatic heterocycles. The third-order valence-corrected chi connectivity index (χ3v) is 3.86. The molecule has 4 nitrogen and oxygen atoms in total. The predicted octanol–water partition coefficient (Wildman–Crippen LogP) is 3.62. The smallest absolute Gasteiger partial charge is 0.126 e. The van der Waals surface area contributed by atoms with E-state index in [1.165, 1.54) is 5.56 Å². The highest BCUT2D eigenvalue weighted by Crippen LogP contribution is 2.23. The average Bonchev–Trinajstić information content (AvgIpc) is 2.64. The third kappa shape index (κ3) is 6.88. The molecule has 0 aliphatic carbocycles. The highest BCUT2D eigenvalue weighted by molar-refractivity contribution is 6.30. The first-order valence-electron chi connectivity index (χ1n) is 8.23. The fraction of sp³-hybridized carbons (Fsp3) is 0.300. The summed E-state index contributed by atoms with van der Waals surface area (Å²) >= 11 is 5.91. The van der Waals surface area contributed by atoms with Crippen LogP contribution in [0.15, 0.2) is 42.5 Å². The summed E-state index contributed by atoms with van der Waals surface area (Å²) in [6.45, 7) is 2.50. The Morgan fingerprint density at radius 3 is 2.60 bits per heavy atom. The van der Waals surface area contributed by atoms with Gasteiger partial charge in [0.2, 0.25) is 0 Å². The summed E-state index contributed by atoms with van der Waals surface area (Å²) in [6.07, 6.45) is 4.07. The van der Waals surface area contributed by atoms with Crippen LogP contribution in [0.3, 0.4) is 0 Å². The molecule has 0 heterocycles. The van der Waals surface area contributed by atoms with Gasteiger partial charge >= 0.3 is 0 Å². The molecule has 0 atom stereocenters. The molecule has 0 fully saturated rings. The van der Waals surface area contributed by atoms with Gasteiger partial charge in [0.15, 0.2) is 0 Å². The molecule has 2 rings (SSSR count). The maximum absolute atomic E-state index is 8.66. The van der Waals surface area contributed by atoms with E-state index in [1.54, 1.807) is 7.11 Å². The predicted molar refractivity (Wildman–Crippen MR) is 103 cm³/mol. The van der Waals surface area contributed by atoms with Crippen LogP contribution in [0.5, 0.6) is 5.75 Å². The zero-order chi connectivity index (χ0) is 17.9. The van der Waals surface area contributed by atoms with Crippen molar-refractivity contribution in [2.45, 2.75) is 6.54 Å². The molecule has 0 bridgehead atoms. The standard InChI is InChI=1S/C20H24ClNO3/c1-24-20-9-5-17(15-22-10-12-25-13-11-23)14-18(20)6-2-16-3-7-19(21)8-4-16/h2-9,14,22-23H,10-13,15H2,1H3/b6-2+. The number of hydrogen-bond acceptors (Lipinski definition) is 4. The second kappa shape index (κ2) is 10.9. The van der Waals surface area contributed by atoms with Gasteiger partial charge in [-0.05, 0) is 35.4 Å². The lowest BCUT2D eigenvalue weighted by Crippen LogP contribution is -2.20. The number of halogens is 1. The summed E-state index contributed by atoms with van der Waals surface area (Å²) in [5, 5.41) is 12.7. The molecule has 2 aromatic rings. The van der Waals surface area contributed by atoms with Crippen LogP contribution in [-0.4, -0.2) is 38.6 Å². The molecule has 25 heavy (non-hydrogen) atoms. The Morgan fingerprint density at radius 2 is 1.88 bits per heavy atom. The van der Waals surface area contributed by atoms with Gasteiger partial charge < -0.3 is 19.9 Å². The Hall–Kier alpha value is -1.85. The zero-order valence-electron chi connectivity index (χ0n) is 14.4. The minimum Gasteiger partial charge on any atom is -0.496 e. The molecule has 0 unspecified atom stereocenters. The molecular formula is C20H24ClNO3. The Labute approximate surface area is 154 Å². The van der Waals surface area contributed by atoms with Gasteiger partial charge in [-0.1, -0.05) is 42.0 Å². The maximum atomic E-state index is 8.66. The van der Waals surface area contributed by atoms with Crippen LogP contribution in [0, 0.1) is 0 Å². The average molecular weight is 362 g/mol. The first-order valence-corrected chi connectivity index (χ1v) is 8.60. The molecule has 5 heteroatoms. The van der Waals surface area contributed by atoms with Gasteiger partial charge in [-0.25, -0.2) is 0 Å². The van der Waals surface area contributed by atoms with Crippen molar-refractivity contribution in [3.63, 3.8) is 0 Å². The minimum atomic E-state index is 0.0573. The van der Waals surface area contributed by atoms with Crippen molar-refractivity contribution in [3.8, 4) is 5.75 Å². The number of benzene rings is 2. The lowest BCUT2D eigenvalue weighted by atomic mass is 10.1. The van der Waals surface area contributed by atoms with Crippen LogP contribution >= 0.6 is 11.6 Å². The number of nitrogens with one attached hydrogen (secondary N) is 1. The normalized spacial score (nSPS) is 11.2. The highest BCUT2D eigenvalue weighted by atomic mass is 35.5. The first-order chi connectivity index (χ1) is 12.2. The number of methoxy groups -OCH3 is 1. The van der Waals surface area contributed by atoms with Crippen molar-refractivity contribution in [1.82, 2.24) is 5.32 Å². The monoisotopic (exact) mass is 361 g/mol. The lowest BCUT2D eigenvalue weighted by Gasteiger charge is -2.09. The maximum Gasteiger partial charge on any atom is 0.126 e. The summed E-state index contributed by atoms with van der Waals surface area (Å²) in [6, 6.07) is 13.8. The fourth-order valence-corrected chi connectivity index (χ4v) is 2.45. The van der Waals surface area contributed by atoms with Crippen LogP contribution in [0.4, 0.5) is 0 Å². The summed E-state index contributed by atoms with van der Waals surface area (Å²) in [5.41, 5.74) is 3.27. The van der Waals surface area contributed by atoms with E-state index in [0.29, 0.717) is 13.2 Å². The summed E-state index contributed by atoms with van der Waals surface area (Å²) in [5.74, 6) is 0.834. The molecule has 134 valence electrons. The number of aliphatic hydroxyl groups excluding tert-OH is 1. The van der Waals surface area contributed by atoms with E-state index in [2.05, 4.69) is 11.4 Å². The molecule has 2 aromatic carbocycles. The van der Waals surface area contributed by atoms with Crippen molar-refractivity contribution in [2.24, 2.45) is 0 Å². The second-order valence-corrected chi connectivity index (χ2v) is 5.91. The number of aliphatic hydroxyl groups is 1. The van der Waals surface area contributed by atoms with Crippen molar-refractivity contribution < 1.29 is 14.6 Å². The molecular weight excluding hydrogens is 338 g/mol. The highest BCUT2D eigenvalue weighted by Gasteiger charge is 2.02. The first kappa shape index (κ1) is 19.5. The SMILES string of the molecule is COc1ccc(CNCCOCCO)cc1/C=C/c1ccc(Cl)cc1. The van der Waals surface area contributed by atoms with E-state index in [0.717, 1.165) is 35.0 Å². The Balaban J connectivity index is 1.97. The van der Waals surface area contributed by atoms with Crippen molar-refractivity contribution in [3.05, 3.63) is 64.2 Å². The van der Waals surface area contributed by atoms with Crippen LogP contribution in [-0.2, 0) is 11.3 Å². The summed E-state index contributed by atoms with van der Waals surface area (Å²) < 4.78 is 10.7. The van der Waals surface area contributed by atoms with Gasteiger partial charge in [0.05, 0.1) is 26.9 Å². The number of hydrogen-bond donors (Lipinski definition) is 2. The zero-order valence-corrected chi connectivity index (χ0v) is 15.1. The Kier molecular flexibility index (Phi) is 8.49. The molecule has 0 saturated carbocycles. The lowest BCUT2D eigenvalue weighted by molar-refractivity contribution is 0.0938. The number of ether oxygens (including phenoxy) is 2. The topological polar surface area (TPSA) is 50.7 Å².